The average Bonchev–Trinajstić information content (AvgIpc) is 3.34. The fraction of sp³-hybridized carbons (Fsp3) is 0.522. The second-order valence-electron chi connectivity index (χ2n) is 8.81. The number of benzene rings is 1. The first-order valence-electron chi connectivity index (χ1n) is 10.7. The maximum atomic E-state index is 12.0. The zero-order valence-electron chi connectivity index (χ0n) is 19.5. The molecule has 1 aliphatic rings. The molecule has 32 heavy (non-hydrogen) atoms. The summed E-state index contributed by atoms with van der Waals surface area (Å²) in [4.78, 5) is 23.1. The Morgan fingerprint density at radius 3 is 2.69 bits per heavy atom. The summed E-state index contributed by atoms with van der Waals surface area (Å²) in [6.07, 6.45) is 2.90. The molecule has 1 aromatic carbocycles. The van der Waals surface area contributed by atoms with Crippen molar-refractivity contribution in [3.05, 3.63) is 41.8 Å². The number of likely N-dealkylation sites (tertiary alicyclic amines) is 1. The van der Waals surface area contributed by atoms with Gasteiger partial charge in [-0.1, -0.05) is 17.7 Å². The third-order valence-corrected chi connectivity index (χ3v) is 4.93. The van der Waals surface area contributed by atoms with Crippen molar-refractivity contribution in [1.29, 1.82) is 0 Å². The molecule has 2 heterocycles. The minimum absolute atomic E-state index is 0. The predicted molar refractivity (Wildman–Crippen MR) is 137 cm³/mol. The third kappa shape index (κ3) is 7.68. The van der Waals surface area contributed by atoms with Gasteiger partial charge in [-0.25, -0.2) is 9.78 Å². The van der Waals surface area contributed by atoms with E-state index in [2.05, 4.69) is 32.4 Å². The molecule has 8 nitrogen and oxygen atoms in total. The summed E-state index contributed by atoms with van der Waals surface area (Å²) in [5.74, 6) is 1.45. The number of ether oxygens (including phenoxy) is 1. The topological polar surface area (TPSA) is 92.0 Å². The number of guanidine groups is 1. The van der Waals surface area contributed by atoms with Crippen LogP contribution in [0.4, 0.5) is 4.79 Å². The van der Waals surface area contributed by atoms with Crippen molar-refractivity contribution in [2.45, 2.75) is 52.2 Å². The van der Waals surface area contributed by atoms with Crippen molar-refractivity contribution in [3.8, 4) is 11.5 Å². The minimum Gasteiger partial charge on any atom is -0.444 e. The first-order valence-corrected chi connectivity index (χ1v) is 10.7. The smallest absolute Gasteiger partial charge is 0.407 e. The number of aliphatic imine (C=N–C) groups is 1. The van der Waals surface area contributed by atoms with Crippen LogP contribution in [-0.2, 0) is 11.2 Å². The van der Waals surface area contributed by atoms with Crippen LogP contribution in [0.3, 0.4) is 0 Å². The summed E-state index contributed by atoms with van der Waals surface area (Å²) in [5.41, 5.74) is 2.57. The second-order valence-corrected chi connectivity index (χ2v) is 8.81. The van der Waals surface area contributed by atoms with Crippen LogP contribution in [0.1, 0.15) is 38.4 Å². The number of rotatable bonds is 5. The zero-order chi connectivity index (χ0) is 22.4. The summed E-state index contributed by atoms with van der Waals surface area (Å²) in [6, 6.07) is 8.17. The molecule has 0 radical (unpaired) electrons. The Bertz CT molecular complexity index is 905. The summed E-state index contributed by atoms with van der Waals surface area (Å²) in [5, 5.41) is 6.32. The van der Waals surface area contributed by atoms with Gasteiger partial charge in [0.1, 0.15) is 11.9 Å². The molecule has 1 saturated heterocycles. The number of aromatic nitrogens is 1. The van der Waals surface area contributed by atoms with Gasteiger partial charge in [-0.05, 0) is 46.2 Å². The highest BCUT2D eigenvalue weighted by Gasteiger charge is 2.27. The SMILES string of the molecule is CN=C(NCCc1coc(-c2ccc(C)cc2)n1)N1CCC(NC(=O)OC(C)(C)C)C1.I. The van der Waals surface area contributed by atoms with Crippen LogP contribution in [0.25, 0.3) is 11.5 Å². The van der Waals surface area contributed by atoms with E-state index in [9.17, 15) is 4.79 Å². The van der Waals surface area contributed by atoms with Gasteiger partial charge in [0.05, 0.1) is 11.7 Å². The molecule has 1 atom stereocenters. The van der Waals surface area contributed by atoms with Gasteiger partial charge in [-0.15, -0.1) is 24.0 Å². The number of amides is 1. The van der Waals surface area contributed by atoms with Gasteiger partial charge in [0.2, 0.25) is 5.89 Å². The van der Waals surface area contributed by atoms with Crippen LogP contribution >= 0.6 is 24.0 Å². The number of nitrogens with one attached hydrogen (secondary N) is 2. The second kappa shape index (κ2) is 11.5. The Balaban J connectivity index is 0.00000363. The van der Waals surface area contributed by atoms with E-state index in [4.69, 9.17) is 9.15 Å². The van der Waals surface area contributed by atoms with Crippen molar-refractivity contribution < 1.29 is 13.9 Å². The molecule has 0 saturated carbocycles. The maximum absolute atomic E-state index is 12.0. The normalized spacial score (nSPS) is 16.5. The zero-order valence-corrected chi connectivity index (χ0v) is 21.8. The number of hydrogen-bond donors (Lipinski definition) is 2. The van der Waals surface area contributed by atoms with Crippen molar-refractivity contribution in [1.82, 2.24) is 20.5 Å². The largest absolute Gasteiger partial charge is 0.444 e. The van der Waals surface area contributed by atoms with Gasteiger partial charge >= 0.3 is 6.09 Å². The van der Waals surface area contributed by atoms with Crippen LogP contribution in [0.5, 0.6) is 0 Å². The van der Waals surface area contributed by atoms with E-state index in [-0.39, 0.29) is 36.1 Å². The lowest BCUT2D eigenvalue weighted by Gasteiger charge is -2.23. The van der Waals surface area contributed by atoms with Crippen molar-refractivity contribution in [3.63, 3.8) is 0 Å². The van der Waals surface area contributed by atoms with E-state index in [0.717, 1.165) is 36.6 Å². The van der Waals surface area contributed by atoms with E-state index < -0.39 is 5.60 Å². The van der Waals surface area contributed by atoms with Crippen LogP contribution in [0.15, 0.2) is 39.9 Å². The van der Waals surface area contributed by atoms with Gasteiger partial charge in [0.25, 0.3) is 0 Å². The minimum atomic E-state index is -0.500. The van der Waals surface area contributed by atoms with Gasteiger partial charge in [0, 0.05) is 38.7 Å². The highest BCUT2D eigenvalue weighted by atomic mass is 127. The van der Waals surface area contributed by atoms with Gasteiger partial charge in [0.15, 0.2) is 5.96 Å². The maximum Gasteiger partial charge on any atom is 0.407 e. The molecule has 0 spiro atoms. The standard InChI is InChI=1S/C23H33N5O3.HI/c1-16-6-8-17(9-7-16)20-26-19(15-30-20)10-12-25-21(24-5)28-13-11-18(14-28)27-22(29)31-23(2,3)4;/h6-9,15,18H,10-14H2,1-5H3,(H,24,25)(H,27,29);1H. The number of aryl methyl sites for hydroxylation is 1. The Morgan fingerprint density at radius 2 is 2.03 bits per heavy atom. The Morgan fingerprint density at radius 1 is 1.31 bits per heavy atom. The van der Waals surface area contributed by atoms with Crippen LogP contribution in [0, 0.1) is 6.92 Å². The third-order valence-electron chi connectivity index (χ3n) is 4.93. The molecule has 1 aromatic heterocycles. The Labute approximate surface area is 207 Å². The molecule has 0 bridgehead atoms. The molecule has 1 aliphatic heterocycles. The monoisotopic (exact) mass is 555 g/mol. The lowest BCUT2D eigenvalue weighted by Crippen LogP contribution is -2.44. The molecular formula is C23H34IN5O3. The highest BCUT2D eigenvalue weighted by molar-refractivity contribution is 14.0. The fourth-order valence-corrected chi connectivity index (χ4v) is 3.43. The number of carbonyl (C=O) groups is 1. The molecule has 2 aromatic rings. The number of halogens is 1. The first kappa shape index (κ1) is 26.0. The lowest BCUT2D eigenvalue weighted by molar-refractivity contribution is 0.0507. The molecule has 176 valence electrons. The van der Waals surface area contributed by atoms with Gasteiger partial charge in [-0.2, -0.15) is 0 Å². The van der Waals surface area contributed by atoms with Crippen LogP contribution in [0.2, 0.25) is 0 Å². The molecule has 0 aliphatic carbocycles. The molecule has 3 rings (SSSR count). The van der Waals surface area contributed by atoms with E-state index >= 15 is 0 Å². The lowest BCUT2D eigenvalue weighted by atomic mass is 10.1. The average molecular weight is 555 g/mol. The molecular weight excluding hydrogens is 521 g/mol. The quantitative estimate of drug-likeness (QED) is 0.330. The number of alkyl carbamates (subject to hydrolysis) is 1. The summed E-state index contributed by atoms with van der Waals surface area (Å²) < 4.78 is 11.0. The van der Waals surface area contributed by atoms with E-state index in [1.54, 1.807) is 13.3 Å². The fourth-order valence-electron chi connectivity index (χ4n) is 3.43. The van der Waals surface area contributed by atoms with Crippen LogP contribution in [-0.4, -0.2) is 60.3 Å². The first-order chi connectivity index (χ1) is 14.7. The van der Waals surface area contributed by atoms with Crippen molar-refractivity contribution in [2.75, 3.05) is 26.7 Å². The molecule has 9 heteroatoms. The predicted octanol–water partition coefficient (Wildman–Crippen LogP) is 3.98. The molecule has 1 fully saturated rings. The van der Waals surface area contributed by atoms with E-state index in [1.807, 2.05) is 45.0 Å². The Hall–Kier alpha value is -2.30. The summed E-state index contributed by atoms with van der Waals surface area (Å²) in [6.45, 7) is 9.84. The number of oxazole rings is 1. The number of hydrogen-bond acceptors (Lipinski definition) is 5. The van der Waals surface area contributed by atoms with Gasteiger partial charge < -0.3 is 24.7 Å². The molecule has 1 unspecified atom stereocenters. The summed E-state index contributed by atoms with van der Waals surface area (Å²) >= 11 is 0. The number of nitrogens with zero attached hydrogens (tertiary/aromatic N) is 3. The van der Waals surface area contributed by atoms with Gasteiger partial charge in [-0.3, -0.25) is 4.99 Å². The molecule has 2 N–H and O–H groups in total. The van der Waals surface area contributed by atoms with E-state index in [1.165, 1.54) is 5.56 Å². The highest BCUT2D eigenvalue weighted by Crippen LogP contribution is 2.19. The van der Waals surface area contributed by atoms with Crippen LogP contribution < -0.4 is 10.6 Å². The Kier molecular flexibility index (Phi) is 9.35. The summed E-state index contributed by atoms with van der Waals surface area (Å²) in [7, 11) is 1.77. The molecule has 1 amide bonds. The van der Waals surface area contributed by atoms with E-state index in [0.29, 0.717) is 19.0 Å². The number of carbonyl (C=O) groups excluding carboxylic acids is 1. The van der Waals surface area contributed by atoms with Crippen molar-refractivity contribution in [2.24, 2.45) is 4.99 Å². The van der Waals surface area contributed by atoms with Crippen molar-refractivity contribution >= 4 is 36.0 Å².